The molecule has 0 saturated heterocycles. The van der Waals surface area contributed by atoms with Crippen LogP contribution in [0.25, 0.3) is 0 Å². The van der Waals surface area contributed by atoms with Crippen LogP contribution >= 0.6 is 23.1 Å². The fourth-order valence-corrected chi connectivity index (χ4v) is 3.19. The van der Waals surface area contributed by atoms with Crippen molar-refractivity contribution in [2.75, 3.05) is 12.0 Å². The van der Waals surface area contributed by atoms with Crippen LogP contribution in [0, 0.1) is 5.92 Å². The summed E-state index contributed by atoms with van der Waals surface area (Å²) >= 11 is 3.07. The van der Waals surface area contributed by atoms with Gasteiger partial charge in [-0.05, 0) is 30.8 Å². The van der Waals surface area contributed by atoms with Gasteiger partial charge < -0.3 is 16.2 Å². The van der Waals surface area contributed by atoms with Gasteiger partial charge in [0.1, 0.15) is 11.1 Å². The predicted molar refractivity (Wildman–Crippen MR) is 89.4 cm³/mol. The van der Waals surface area contributed by atoms with Crippen LogP contribution in [0.4, 0.5) is 0 Å². The molecule has 0 bridgehead atoms. The fourth-order valence-electron chi connectivity index (χ4n) is 2.01. The maximum atomic E-state index is 12.2. The molecule has 0 radical (unpaired) electrons. The SMILES string of the molecule is CSCC[C@H](NC(=O)[C@@H](N)CC(C)C)[C@@H](O)c1nccs1. The topological polar surface area (TPSA) is 88.2 Å². The van der Waals surface area contributed by atoms with E-state index >= 15 is 0 Å². The first-order valence-electron chi connectivity index (χ1n) is 7.08. The van der Waals surface area contributed by atoms with Gasteiger partial charge in [0.15, 0.2) is 0 Å². The molecule has 1 heterocycles. The summed E-state index contributed by atoms with van der Waals surface area (Å²) in [5.41, 5.74) is 5.90. The summed E-state index contributed by atoms with van der Waals surface area (Å²) in [4.78, 5) is 16.3. The van der Waals surface area contributed by atoms with Crippen LogP contribution in [-0.4, -0.2) is 40.1 Å². The Morgan fingerprint density at radius 3 is 2.81 bits per heavy atom. The van der Waals surface area contributed by atoms with E-state index < -0.39 is 12.1 Å². The van der Waals surface area contributed by atoms with Gasteiger partial charge in [-0.3, -0.25) is 4.79 Å². The van der Waals surface area contributed by atoms with Crippen molar-refractivity contribution < 1.29 is 9.90 Å². The minimum absolute atomic E-state index is 0.203. The van der Waals surface area contributed by atoms with Gasteiger partial charge in [0, 0.05) is 11.6 Å². The average Bonchev–Trinajstić information content (AvgIpc) is 2.95. The first-order valence-corrected chi connectivity index (χ1v) is 9.35. The second-order valence-electron chi connectivity index (χ2n) is 5.45. The number of hydrogen-bond donors (Lipinski definition) is 3. The van der Waals surface area contributed by atoms with E-state index in [1.807, 2.05) is 25.5 Å². The van der Waals surface area contributed by atoms with Crippen LogP contribution in [0.1, 0.15) is 37.8 Å². The molecule has 5 nitrogen and oxygen atoms in total. The molecule has 0 aliphatic carbocycles. The van der Waals surface area contributed by atoms with Gasteiger partial charge in [-0.1, -0.05) is 13.8 Å². The Balaban J connectivity index is 2.67. The zero-order valence-electron chi connectivity index (χ0n) is 12.8. The second-order valence-corrected chi connectivity index (χ2v) is 7.36. The molecule has 1 aromatic rings. The lowest BCUT2D eigenvalue weighted by atomic mass is 10.0. The van der Waals surface area contributed by atoms with Gasteiger partial charge in [-0.2, -0.15) is 11.8 Å². The number of thiazole rings is 1. The Labute approximate surface area is 134 Å². The minimum Gasteiger partial charge on any atom is -0.384 e. The number of amides is 1. The summed E-state index contributed by atoms with van der Waals surface area (Å²) in [7, 11) is 0. The van der Waals surface area contributed by atoms with Crippen molar-refractivity contribution >= 4 is 29.0 Å². The Bertz CT molecular complexity index is 412. The predicted octanol–water partition coefficient (Wildman–Crippen LogP) is 1.79. The van der Waals surface area contributed by atoms with Crippen LogP contribution in [-0.2, 0) is 4.79 Å². The molecule has 1 rings (SSSR count). The first-order chi connectivity index (χ1) is 9.95. The second kappa shape index (κ2) is 9.40. The number of hydrogen-bond acceptors (Lipinski definition) is 6. The van der Waals surface area contributed by atoms with Crippen molar-refractivity contribution in [1.82, 2.24) is 10.3 Å². The number of carbonyl (C=O) groups excluding carboxylic acids is 1. The summed E-state index contributed by atoms with van der Waals surface area (Å²) < 4.78 is 0. The van der Waals surface area contributed by atoms with E-state index in [9.17, 15) is 9.90 Å². The van der Waals surface area contributed by atoms with Crippen molar-refractivity contribution in [1.29, 1.82) is 0 Å². The zero-order chi connectivity index (χ0) is 15.8. The van der Waals surface area contributed by atoms with Gasteiger partial charge in [-0.15, -0.1) is 11.3 Å². The summed E-state index contributed by atoms with van der Waals surface area (Å²) in [6.07, 6.45) is 4.18. The smallest absolute Gasteiger partial charge is 0.237 e. The van der Waals surface area contributed by atoms with Crippen molar-refractivity contribution in [2.45, 2.75) is 44.9 Å². The number of aliphatic hydroxyl groups is 1. The molecule has 0 aliphatic heterocycles. The summed E-state index contributed by atoms with van der Waals surface area (Å²) in [5, 5.41) is 15.7. The Morgan fingerprint density at radius 1 is 1.57 bits per heavy atom. The number of carbonyl (C=O) groups is 1. The molecule has 0 spiro atoms. The number of nitrogens with zero attached hydrogens (tertiary/aromatic N) is 1. The first kappa shape index (κ1) is 18.4. The number of thioether (sulfide) groups is 1. The molecule has 1 aromatic heterocycles. The highest BCUT2D eigenvalue weighted by molar-refractivity contribution is 7.98. The van der Waals surface area contributed by atoms with E-state index in [1.54, 1.807) is 18.0 Å². The Hall–Kier alpha value is -0.630. The van der Waals surface area contributed by atoms with E-state index in [-0.39, 0.29) is 11.9 Å². The van der Waals surface area contributed by atoms with Crippen LogP contribution in [0.3, 0.4) is 0 Å². The monoisotopic (exact) mass is 331 g/mol. The highest BCUT2D eigenvalue weighted by atomic mass is 32.2. The number of aromatic nitrogens is 1. The van der Waals surface area contributed by atoms with Crippen molar-refractivity contribution in [3.8, 4) is 0 Å². The lowest BCUT2D eigenvalue weighted by molar-refractivity contribution is -0.124. The third kappa shape index (κ3) is 6.34. The zero-order valence-corrected chi connectivity index (χ0v) is 14.4. The van der Waals surface area contributed by atoms with Crippen LogP contribution in [0.2, 0.25) is 0 Å². The lowest BCUT2D eigenvalue weighted by Crippen LogP contribution is -2.48. The van der Waals surface area contributed by atoms with Crippen molar-refractivity contribution in [2.24, 2.45) is 11.7 Å². The van der Waals surface area contributed by atoms with Gasteiger partial charge in [-0.25, -0.2) is 4.98 Å². The molecular formula is C14H25N3O2S2. The third-order valence-corrected chi connectivity index (χ3v) is 4.60. The molecule has 0 aliphatic rings. The molecule has 7 heteroatoms. The van der Waals surface area contributed by atoms with Gasteiger partial charge in [0.25, 0.3) is 0 Å². The standard InChI is InChI=1S/C14H25N3O2S2/c1-9(2)8-10(15)13(19)17-11(4-6-20-3)12(18)14-16-5-7-21-14/h5,7,9-12,18H,4,6,8,15H2,1-3H3,(H,17,19)/t10-,11-,12+/m0/s1. The quantitative estimate of drug-likeness (QED) is 0.642. The molecule has 1 amide bonds. The summed E-state index contributed by atoms with van der Waals surface area (Å²) in [6.45, 7) is 4.06. The number of nitrogens with one attached hydrogen (secondary N) is 1. The molecule has 0 fully saturated rings. The molecule has 0 aromatic carbocycles. The molecule has 0 unspecified atom stereocenters. The summed E-state index contributed by atoms with van der Waals surface area (Å²) in [6, 6.07) is -0.889. The molecule has 3 atom stereocenters. The van der Waals surface area contributed by atoms with E-state index in [4.69, 9.17) is 5.73 Å². The highest BCUT2D eigenvalue weighted by Crippen LogP contribution is 2.22. The van der Waals surface area contributed by atoms with E-state index in [1.165, 1.54) is 11.3 Å². The van der Waals surface area contributed by atoms with E-state index in [0.29, 0.717) is 23.8 Å². The number of rotatable bonds is 9. The van der Waals surface area contributed by atoms with Gasteiger partial charge >= 0.3 is 0 Å². The minimum atomic E-state index is -0.785. The van der Waals surface area contributed by atoms with Crippen LogP contribution in [0.15, 0.2) is 11.6 Å². The molecule has 4 N–H and O–H groups in total. The van der Waals surface area contributed by atoms with E-state index in [0.717, 1.165) is 5.75 Å². The molecular weight excluding hydrogens is 306 g/mol. The van der Waals surface area contributed by atoms with Crippen LogP contribution < -0.4 is 11.1 Å². The molecule has 21 heavy (non-hydrogen) atoms. The van der Waals surface area contributed by atoms with E-state index in [2.05, 4.69) is 10.3 Å². The lowest BCUT2D eigenvalue weighted by Gasteiger charge is -2.24. The molecule has 0 saturated carbocycles. The Kier molecular flexibility index (Phi) is 8.24. The van der Waals surface area contributed by atoms with Crippen molar-refractivity contribution in [3.63, 3.8) is 0 Å². The average molecular weight is 332 g/mol. The fraction of sp³-hybridized carbons (Fsp3) is 0.714. The van der Waals surface area contributed by atoms with Gasteiger partial charge in [0.2, 0.25) is 5.91 Å². The third-order valence-electron chi connectivity index (χ3n) is 3.11. The van der Waals surface area contributed by atoms with Gasteiger partial charge in [0.05, 0.1) is 12.1 Å². The summed E-state index contributed by atoms with van der Waals surface area (Å²) in [5.74, 6) is 1.01. The largest absolute Gasteiger partial charge is 0.384 e. The molecule has 120 valence electrons. The normalized spacial score (nSPS) is 15.7. The maximum absolute atomic E-state index is 12.2. The number of nitrogens with two attached hydrogens (primary N) is 1. The Morgan fingerprint density at radius 2 is 2.29 bits per heavy atom. The maximum Gasteiger partial charge on any atom is 0.237 e. The van der Waals surface area contributed by atoms with Crippen molar-refractivity contribution in [3.05, 3.63) is 16.6 Å². The highest BCUT2D eigenvalue weighted by Gasteiger charge is 2.26. The number of aliphatic hydroxyl groups excluding tert-OH is 1. The van der Waals surface area contributed by atoms with Crippen LogP contribution in [0.5, 0.6) is 0 Å².